The van der Waals surface area contributed by atoms with Crippen molar-refractivity contribution in [3.63, 3.8) is 0 Å². The third kappa shape index (κ3) is 5.66. The van der Waals surface area contributed by atoms with E-state index in [4.69, 9.17) is 16.0 Å². The molecule has 1 aliphatic rings. The molecule has 1 atom stereocenters. The predicted octanol–water partition coefficient (Wildman–Crippen LogP) is 4.86. The minimum Gasteiger partial charge on any atom is -0.455 e. The van der Waals surface area contributed by atoms with Crippen LogP contribution < -0.4 is 10.6 Å². The zero-order valence-corrected chi connectivity index (χ0v) is 18.6. The number of furan rings is 1. The molecule has 162 valence electrons. The summed E-state index contributed by atoms with van der Waals surface area (Å²) in [7, 11) is 0. The van der Waals surface area contributed by atoms with Gasteiger partial charge in [0.05, 0.1) is 6.21 Å². The van der Waals surface area contributed by atoms with Gasteiger partial charge in [0.2, 0.25) is 11.8 Å². The summed E-state index contributed by atoms with van der Waals surface area (Å²) in [6, 6.07) is 18.4. The third-order valence-electron chi connectivity index (χ3n) is 4.55. The van der Waals surface area contributed by atoms with E-state index in [2.05, 4.69) is 20.8 Å². The van der Waals surface area contributed by atoms with E-state index in [1.165, 1.54) is 18.0 Å². The van der Waals surface area contributed by atoms with E-state index < -0.39 is 5.25 Å². The molecule has 0 saturated carbocycles. The monoisotopic (exact) mass is 466 g/mol. The van der Waals surface area contributed by atoms with Gasteiger partial charge in [-0.1, -0.05) is 53.2 Å². The lowest BCUT2D eigenvalue weighted by Gasteiger charge is -2.07. The summed E-state index contributed by atoms with van der Waals surface area (Å²) in [5.41, 5.74) is 2.65. The number of nitrogens with one attached hydrogen (secondary N) is 2. The fraction of sp³-hybridized carbons (Fsp3) is 0.130. The number of anilines is 1. The molecule has 0 unspecified atom stereocenters. The van der Waals surface area contributed by atoms with E-state index in [1.54, 1.807) is 18.2 Å². The molecule has 1 aliphatic heterocycles. The fourth-order valence-corrected chi connectivity index (χ4v) is 4.08. The molecule has 0 aliphatic carbocycles. The van der Waals surface area contributed by atoms with Gasteiger partial charge in [0.15, 0.2) is 5.17 Å². The molecule has 32 heavy (non-hydrogen) atoms. The van der Waals surface area contributed by atoms with Crippen molar-refractivity contribution in [2.45, 2.75) is 18.6 Å². The molecule has 9 heteroatoms. The number of hydrogen-bond acceptors (Lipinski definition) is 6. The van der Waals surface area contributed by atoms with Crippen LogP contribution in [0.4, 0.5) is 5.69 Å². The first-order chi connectivity index (χ1) is 15.5. The summed E-state index contributed by atoms with van der Waals surface area (Å²) in [4.78, 5) is 24.4. The Labute approximate surface area is 193 Å². The molecule has 2 amide bonds. The molecule has 4 rings (SSSR count). The normalized spacial score (nSPS) is 17.1. The summed E-state index contributed by atoms with van der Waals surface area (Å²) in [5.74, 6) is 0.650. The van der Waals surface area contributed by atoms with Crippen LogP contribution in [0.15, 0.2) is 75.3 Å². The molecule has 1 fully saturated rings. The number of amides is 2. The maximum atomic E-state index is 12.3. The zero-order valence-electron chi connectivity index (χ0n) is 17.0. The first-order valence-corrected chi connectivity index (χ1v) is 11.0. The Hall–Kier alpha value is -3.36. The Morgan fingerprint density at radius 3 is 2.81 bits per heavy atom. The number of benzene rings is 2. The molecular formula is C23H19ClN4O3S. The van der Waals surface area contributed by atoms with Crippen LogP contribution in [0.25, 0.3) is 11.3 Å². The molecule has 2 aromatic carbocycles. The van der Waals surface area contributed by atoms with Crippen molar-refractivity contribution in [1.82, 2.24) is 5.32 Å². The van der Waals surface area contributed by atoms with E-state index in [0.717, 1.165) is 11.1 Å². The Morgan fingerprint density at radius 2 is 2.03 bits per heavy atom. The molecule has 0 bridgehead atoms. The number of amidine groups is 1. The Kier molecular flexibility index (Phi) is 6.72. The highest BCUT2D eigenvalue weighted by Gasteiger charge is 2.32. The van der Waals surface area contributed by atoms with Gasteiger partial charge in [0.1, 0.15) is 16.8 Å². The molecule has 3 aromatic rings. The largest absolute Gasteiger partial charge is 0.455 e. The SMILES string of the molecule is Cc1ccc(NC(=O)C[C@H]2S/C(=N\N=C/c3ccc(-c4cccc(Cl)c4)o3)NC2=O)cc1. The van der Waals surface area contributed by atoms with Gasteiger partial charge in [-0.25, -0.2) is 0 Å². The Bertz CT molecular complexity index is 1200. The van der Waals surface area contributed by atoms with Gasteiger partial charge < -0.3 is 15.1 Å². The summed E-state index contributed by atoms with van der Waals surface area (Å²) < 4.78 is 5.72. The predicted molar refractivity (Wildman–Crippen MR) is 128 cm³/mol. The number of hydrogen-bond donors (Lipinski definition) is 2. The maximum Gasteiger partial charge on any atom is 0.240 e. The minimum absolute atomic E-state index is 0.0360. The van der Waals surface area contributed by atoms with Gasteiger partial charge in [0, 0.05) is 22.7 Å². The number of carbonyl (C=O) groups excluding carboxylic acids is 2. The summed E-state index contributed by atoms with van der Waals surface area (Å²) >= 11 is 7.18. The lowest BCUT2D eigenvalue weighted by atomic mass is 10.2. The van der Waals surface area contributed by atoms with E-state index in [9.17, 15) is 9.59 Å². The second kappa shape index (κ2) is 9.84. The van der Waals surface area contributed by atoms with Crippen LogP contribution in [0.5, 0.6) is 0 Å². The van der Waals surface area contributed by atoms with Gasteiger partial charge in [-0.2, -0.15) is 5.10 Å². The summed E-state index contributed by atoms with van der Waals surface area (Å²) in [5, 5.41) is 13.8. The lowest BCUT2D eigenvalue weighted by Crippen LogP contribution is -2.28. The number of aryl methyl sites for hydroxylation is 1. The second-order valence-corrected chi connectivity index (χ2v) is 8.70. The van der Waals surface area contributed by atoms with Crippen LogP contribution in [0.3, 0.4) is 0 Å². The van der Waals surface area contributed by atoms with Gasteiger partial charge in [-0.05, 0) is 43.3 Å². The number of rotatable bonds is 6. The van der Waals surface area contributed by atoms with Gasteiger partial charge >= 0.3 is 0 Å². The number of thioether (sulfide) groups is 1. The molecule has 7 nitrogen and oxygen atoms in total. The van der Waals surface area contributed by atoms with E-state index in [-0.39, 0.29) is 18.2 Å². The molecule has 1 saturated heterocycles. The standard InChI is InChI=1S/C23H19ClN4O3S/c1-14-5-7-17(8-6-14)26-21(29)12-20-22(30)27-23(32-20)28-25-13-18-9-10-19(31-18)15-3-2-4-16(24)11-15/h2-11,13,20H,12H2,1H3,(H,26,29)(H,27,28,30)/b25-13-/t20-/m1/s1. The second-order valence-electron chi connectivity index (χ2n) is 7.08. The highest BCUT2D eigenvalue weighted by Crippen LogP contribution is 2.25. The molecule has 0 spiro atoms. The first kappa shape index (κ1) is 21.9. The van der Waals surface area contributed by atoms with Gasteiger partial charge in [-0.3, -0.25) is 9.59 Å². The van der Waals surface area contributed by atoms with Gasteiger partial charge in [0.25, 0.3) is 0 Å². The fourth-order valence-electron chi connectivity index (χ4n) is 2.96. The summed E-state index contributed by atoms with van der Waals surface area (Å²) in [6.45, 7) is 1.97. The van der Waals surface area contributed by atoms with Crippen molar-refractivity contribution in [1.29, 1.82) is 0 Å². The smallest absolute Gasteiger partial charge is 0.240 e. The average molecular weight is 467 g/mol. The average Bonchev–Trinajstić information content (AvgIpc) is 3.37. The Morgan fingerprint density at radius 1 is 1.22 bits per heavy atom. The zero-order chi connectivity index (χ0) is 22.5. The summed E-state index contributed by atoms with van der Waals surface area (Å²) in [6.07, 6.45) is 1.49. The van der Waals surface area contributed by atoms with Crippen LogP contribution in [0, 0.1) is 6.92 Å². The van der Waals surface area contributed by atoms with Crippen molar-refractivity contribution < 1.29 is 14.0 Å². The van der Waals surface area contributed by atoms with Crippen LogP contribution in [0.2, 0.25) is 5.02 Å². The topological polar surface area (TPSA) is 96.1 Å². The minimum atomic E-state index is -0.563. The highest BCUT2D eigenvalue weighted by molar-refractivity contribution is 8.15. The van der Waals surface area contributed by atoms with Crippen molar-refractivity contribution in [2.75, 3.05) is 5.32 Å². The van der Waals surface area contributed by atoms with Gasteiger partial charge in [-0.15, -0.1) is 5.10 Å². The number of halogens is 1. The third-order valence-corrected chi connectivity index (χ3v) is 5.86. The molecule has 1 aromatic heterocycles. The van der Waals surface area contributed by atoms with Crippen LogP contribution >= 0.6 is 23.4 Å². The first-order valence-electron chi connectivity index (χ1n) is 9.77. The number of carbonyl (C=O) groups is 2. The molecule has 2 N–H and O–H groups in total. The van der Waals surface area contributed by atoms with Crippen LogP contribution in [-0.4, -0.2) is 28.4 Å². The lowest BCUT2D eigenvalue weighted by molar-refractivity contribution is -0.122. The molecule has 0 radical (unpaired) electrons. The van der Waals surface area contributed by atoms with E-state index in [1.807, 2.05) is 49.4 Å². The molecular weight excluding hydrogens is 448 g/mol. The maximum absolute atomic E-state index is 12.3. The van der Waals surface area contributed by atoms with Crippen molar-refractivity contribution in [3.05, 3.63) is 77.0 Å². The van der Waals surface area contributed by atoms with E-state index >= 15 is 0 Å². The van der Waals surface area contributed by atoms with Crippen molar-refractivity contribution in [2.24, 2.45) is 10.2 Å². The van der Waals surface area contributed by atoms with E-state index in [0.29, 0.717) is 27.4 Å². The van der Waals surface area contributed by atoms with Crippen LogP contribution in [0.1, 0.15) is 17.7 Å². The molecule has 2 heterocycles. The Balaban J connectivity index is 1.32. The van der Waals surface area contributed by atoms with Crippen molar-refractivity contribution in [3.8, 4) is 11.3 Å². The van der Waals surface area contributed by atoms with Crippen molar-refractivity contribution >= 4 is 52.2 Å². The number of nitrogens with zero attached hydrogens (tertiary/aromatic N) is 2. The highest BCUT2D eigenvalue weighted by atomic mass is 35.5. The van der Waals surface area contributed by atoms with Crippen LogP contribution in [-0.2, 0) is 9.59 Å². The quantitative estimate of drug-likeness (QED) is 0.400.